The zero-order valence-electron chi connectivity index (χ0n) is 12.1. The van der Waals surface area contributed by atoms with Crippen molar-refractivity contribution in [1.29, 1.82) is 0 Å². The number of carbonyl (C=O) groups is 1. The first-order valence-electron chi connectivity index (χ1n) is 7.32. The van der Waals surface area contributed by atoms with Gasteiger partial charge >= 0.3 is 0 Å². The van der Waals surface area contributed by atoms with Crippen LogP contribution in [0.15, 0.2) is 18.2 Å². The fraction of sp³-hybridized carbons (Fsp3) is 0.562. The Morgan fingerprint density at radius 2 is 2.30 bits per heavy atom. The van der Waals surface area contributed by atoms with E-state index in [2.05, 4.69) is 4.90 Å². The van der Waals surface area contributed by atoms with E-state index in [0.717, 1.165) is 31.6 Å². The molecule has 0 spiro atoms. The molecule has 0 aliphatic carbocycles. The topological polar surface area (TPSA) is 66.6 Å². The molecular formula is C16H24N2O2. The van der Waals surface area contributed by atoms with Gasteiger partial charge in [-0.2, -0.15) is 0 Å². The van der Waals surface area contributed by atoms with Crippen molar-refractivity contribution in [2.75, 3.05) is 19.7 Å². The summed E-state index contributed by atoms with van der Waals surface area (Å²) in [5.74, 6) is 0.236. The SMILES string of the molecule is Cc1cc(C(N)=O)ccc1CN1CCCC(CCO)C1. The highest BCUT2D eigenvalue weighted by atomic mass is 16.3. The number of aliphatic hydroxyl groups excluding tert-OH is 1. The molecule has 3 N–H and O–H groups in total. The molecule has 0 bridgehead atoms. The van der Waals surface area contributed by atoms with Crippen molar-refractivity contribution in [3.63, 3.8) is 0 Å². The Labute approximate surface area is 120 Å². The number of hydrogen-bond donors (Lipinski definition) is 2. The van der Waals surface area contributed by atoms with Gasteiger partial charge in [-0.05, 0) is 61.9 Å². The van der Waals surface area contributed by atoms with E-state index >= 15 is 0 Å². The number of carbonyl (C=O) groups excluding carboxylic acids is 1. The van der Waals surface area contributed by atoms with Gasteiger partial charge in [0.15, 0.2) is 0 Å². The highest BCUT2D eigenvalue weighted by Crippen LogP contribution is 2.22. The first-order valence-corrected chi connectivity index (χ1v) is 7.32. The predicted octanol–water partition coefficient (Wildman–Crippen LogP) is 1.69. The molecule has 1 aromatic rings. The first-order chi connectivity index (χ1) is 9.60. The van der Waals surface area contributed by atoms with Crippen molar-refractivity contribution < 1.29 is 9.90 Å². The van der Waals surface area contributed by atoms with Crippen LogP contribution < -0.4 is 5.73 Å². The normalized spacial score (nSPS) is 20.0. The van der Waals surface area contributed by atoms with E-state index in [1.807, 2.05) is 19.1 Å². The number of nitrogens with two attached hydrogens (primary N) is 1. The van der Waals surface area contributed by atoms with Crippen LogP contribution in [0.2, 0.25) is 0 Å². The Hall–Kier alpha value is -1.39. The number of aliphatic hydroxyl groups is 1. The monoisotopic (exact) mass is 276 g/mol. The quantitative estimate of drug-likeness (QED) is 0.860. The van der Waals surface area contributed by atoms with Crippen molar-refractivity contribution in [2.24, 2.45) is 11.7 Å². The Morgan fingerprint density at radius 1 is 1.50 bits per heavy atom. The maximum Gasteiger partial charge on any atom is 0.248 e. The Balaban J connectivity index is 2.00. The minimum absolute atomic E-state index is 0.283. The molecule has 4 nitrogen and oxygen atoms in total. The van der Waals surface area contributed by atoms with E-state index in [0.29, 0.717) is 11.5 Å². The summed E-state index contributed by atoms with van der Waals surface area (Å²) < 4.78 is 0. The van der Waals surface area contributed by atoms with E-state index in [1.165, 1.54) is 18.4 Å². The molecule has 0 saturated carbocycles. The molecule has 1 atom stereocenters. The number of likely N-dealkylation sites (tertiary alicyclic amines) is 1. The zero-order valence-corrected chi connectivity index (χ0v) is 12.1. The van der Waals surface area contributed by atoms with Gasteiger partial charge in [-0.1, -0.05) is 6.07 Å². The summed E-state index contributed by atoms with van der Waals surface area (Å²) in [6.45, 7) is 5.38. The van der Waals surface area contributed by atoms with Crippen LogP contribution >= 0.6 is 0 Å². The summed E-state index contributed by atoms with van der Waals surface area (Å²) in [6.07, 6.45) is 3.32. The lowest BCUT2D eigenvalue weighted by molar-refractivity contribution is 0.1000. The van der Waals surface area contributed by atoms with E-state index in [9.17, 15) is 4.79 Å². The van der Waals surface area contributed by atoms with Crippen LogP contribution in [0.25, 0.3) is 0 Å². The number of benzene rings is 1. The molecule has 2 rings (SSSR count). The highest BCUT2D eigenvalue weighted by Gasteiger charge is 2.20. The second kappa shape index (κ2) is 6.86. The van der Waals surface area contributed by atoms with Gasteiger partial charge in [0.1, 0.15) is 0 Å². The molecule has 1 heterocycles. The third-order valence-corrected chi connectivity index (χ3v) is 4.16. The lowest BCUT2D eigenvalue weighted by Gasteiger charge is -2.32. The minimum Gasteiger partial charge on any atom is -0.396 e. The Bertz CT molecular complexity index is 472. The predicted molar refractivity (Wildman–Crippen MR) is 79.4 cm³/mol. The molecule has 20 heavy (non-hydrogen) atoms. The zero-order chi connectivity index (χ0) is 14.5. The lowest BCUT2D eigenvalue weighted by atomic mass is 9.94. The third-order valence-electron chi connectivity index (χ3n) is 4.16. The maximum absolute atomic E-state index is 11.2. The molecule has 1 aliphatic heterocycles. The Morgan fingerprint density at radius 3 is 2.95 bits per heavy atom. The van der Waals surface area contributed by atoms with Gasteiger partial charge in [0.25, 0.3) is 0 Å². The molecule has 1 aromatic carbocycles. The van der Waals surface area contributed by atoms with E-state index in [4.69, 9.17) is 10.8 Å². The number of hydrogen-bond acceptors (Lipinski definition) is 3. The van der Waals surface area contributed by atoms with Crippen LogP contribution in [0.1, 0.15) is 40.7 Å². The molecule has 1 fully saturated rings. The summed E-state index contributed by atoms with van der Waals surface area (Å²) in [7, 11) is 0. The van der Waals surface area contributed by atoms with Crippen LogP contribution in [0.5, 0.6) is 0 Å². The largest absolute Gasteiger partial charge is 0.396 e. The van der Waals surface area contributed by atoms with Crippen LogP contribution in [0.4, 0.5) is 0 Å². The average Bonchev–Trinajstić information content (AvgIpc) is 2.42. The molecule has 4 heteroatoms. The van der Waals surface area contributed by atoms with Crippen LogP contribution in [0, 0.1) is 12.8 Å². The molecule has 1 unspecified atom stereocenters. The summed E-state index contributed by atoms with van der Waals surface area (Å²) in [5, 5.41) is 9.06. The van der Waals surface area contributed by atoms with Crippen LogP contribution in [0.3, 0.4) is 0 Å². The summed E-state index contributed by atoms with van der Waals surface area (Å²) in [5.41, 5.74) is 8.23. The number of amides is 1. The smallest absolute Gasteiger partial charge is 0.248 e. The summed E-state index contributed by atoms with van der Waals surface area (Å²) in [6, 6.07) is 5.68. The maximum atomic E-state index is 11.2. The van der Waals surface area contributed by atoms with Crippen molar-refractivity contribution >= 4 is 5.91 Å². The molecule has 0 aromatic heterocycles. The highest BCUT2D eigenvalue weighted by molar-refractivity contribution is 5.93. The van der Waals surface area contributed by atoms with Crippen LogP contribution in [-0.2, 0) is 6.54 Å². The fourth-order valence-electron chi connectivity index (χ4n) is 2.98. The second-order valence-electron chi connectivity index (χ2n) is 5.76. The van der Waals surface area contributed by atoms with Gasteiger partial charge in [-0.15, -0.1) is 0 Å². The molecule has 1 saturated heterocycles. The minimum atomic E-state index is -0.374. The van der Waals surface area contributed by atoms with Gasteiger partial charge in [-0.3, -0.25) is 9.69 Å². The van der Waals surface area contributed by atoms with Gasteiger partial charge in [-0.25, -0.2) is 0 Å². The number of primary amides is 1. The van der Waals surface area contributed by atoms with Gasteiger partial charge in [0.2, 0.25) is 5.91 Å². The average molecular weight is 276 g/mol. The molecule has 0 radical (unpaired) electrons. The van der Waals surface area contributed by atoms with Crippen LogP contribution in [-0.4, -0.2) is 35.6 Å². The van der Waals surface area contributed by atoms with E-state index < -0.39 is 0 Å². The number of nitrogens with zero attached hydrogens (tertiary/aromatic N) is 1. The van der Waals surface area contributed by atoms with E-state index in [1.54, 1.807) is 6.07 Å². The van der Waals surface area contributed by atoms with Gasteiger partial charge in [0, 0.05) is 25.3 Å². The van der Waals surface area contributed by atoms with Gasteiger partial charge < -0.3 is 10.8 Å². The molecule has 1 aliphatic rings. The summed E-state index contributed by atoms with van der Waals surface area (Å²) in [4.78, 5) is 13.6. The number of piperidine rings is 1. The van der Waals surface area contributed by atoms with Crippen molar-refractivity contribution in [1.82, 2.24) is 4.90 Å². The lowest BCUT2D eigenvalue weighted by Crippen LogP contribution is -2.35. The van der Waals surface area contributed by atoms with Crippen molar-refractivity contribution in [3.05, 3.63) is 34.9 Å². The van der Waals surface area contributed by atoms with Crippen molar-refractivity contribution in [2.45, 2.75) is 32.7 Å². The standard InChI is InChI=1S/C16H24N2O2/c1-12-9-14(16(17)20)4-5-15(12)11-18-7-2-3-13(10-18)6-8-19/h4-5,9,13,19H,2-3,6-8,10-11H2,1H3,(H2,17,20). The number of rotatable bonds is 5. The summed E-state index contributed by atoms with van der Waals surface area (Å²) >= 11 is 0. The van der Waals surface area contributed by atoms with Crippen molar-refractivity contribution in [3.8, 4) is 0 Å². The third kappa shape index (κ3) is 3.81. The second-order valence-corrected chi connectivity index (χ2v) is 5.76. The number of aryl methyl sites for hydroxylation is 1. The first kappa shape index (κ1) is 15.0. The fourth-order valence-corrected chi connectivity index (χ4v) is 2.98. The Kier molecular flexibility index (Phi) is 5.15. The van der Waals surface area contributed by atoms with Gasteiger partial charge in [0.05, 0.1) is 0 Å². The molecular weight excluding hydrogens is 252 g/mol. The molecule has 110 valence electrons. The van der Waals surface area contributed by atoms with E-state index in [-0.39, 0.29) is 12.5 Å². The molecule has 1 amide bonds.